The Morgan fingerprint density at radius 1 is 1.00 bits per heavy atom. The molecular weight excluding hydrogens is 493 g/mol. The van der Waals surface area contributed by atoms with E-state index in [2.05, 4.69) is 19.9 Å². The molecule has 1 amide bonds. The van der Waals surface area contributed by atoms with Crippen molar-refractivity contribution in [2.45, 2.75) is 19.8 Å². The number of anilines is 1. The van der Waals surface area contributed by atoms with Crippen LogP contribution in [0.15, 0.2) is 67.1 Å². The van der Waals surface area contributed by atoms with Crippen LogP contribution in [0.25, 0.3) is 32.8 Å². The number of carbonyl (C=O) groups excluding carboxylic acids is 1. The molecule has 4 heterocycles. The number of nitrogens with zero attached hydrogens (tertiary/aromatic N) is 4. The molecule has 8 heteroatoms. The van der Waals surface area contributed by atoms with Gasteiger partial charge in [-0.1, -0.05) is 32.0 Å². The second-order valence-electron chi connectivity index (χ2n) is 10.2. The van der Waals surface area contributed by atoms with E-state index in [1.54, 1.807) is 25.6 Å². The van der Waals surface area contributed by atoms with Gasteiger partial charge < -0.3 is 19.5 Å². The quantitative estimate of drug-likeness (QED) is 0.305. The highest BCUT2D eigenvalue weighted by atomic mass is 19.1. The number of aromatic amines is 1. The molecule has 0 radical (unpaired) electrons. The maximum absolute atomic E-state index is 15.7. The van der Waals surface area contributed by atoms with Gasteiger partial charge in [-0.15, -0.1) is 0 Å². The number of pyridine rings is 2. The van der Waals surface area contributed by atoms with Crippen LogP contribution >= 0.6 is 0 Å². The number of halogens is 1. The lowest BCUT2D eigenvalue weighted by Crippen LogP contribution is -2.49. The zero-order chi connectivity index (χ0) is 27.1. The van der Waals surface area contributed by atoms with Crippen LogP contribution in [0.2, 0.25) is 0 Å². The summed E-state index contributed by atoms with van der Waals surface area (Å²) in [5.74, 6) is 1.11. The summed E-state index contributed by atoms with van der Waals surface area (Å²) in [4.78, 5) is 29.6. The maximum Gasteiger partial charge on any atom is 0.270 e. The molecule has 1 fully saturated rings. The molecule has 0 bridgehead atoms. The first kappa shape index (κ1) is 24.9. The summed E-state index contributed by atoms with van der Waals surface area (Å²) in [6.45, 7) is 6.31. The highest BCUT2D eigenvalue weighted by Gasteiger charge is 2.27. The van der Waals surface area contributed by atoms with Crippen molar-refractivity contribution in [3.05, 3.63) is 84.2 Å². The van der Waals surface area contributed by atoms with E-state index in [0.717, 1.165) is 27.7 Å². The summed E-state index contributed by atoms with van der Waals surface area (Å²) in [6.07, 6.45) is 5.40. The van der Waals surface area contributed by atoms with E-state index >= 15 is 4.39 Å². The van der Waals surface area contributed by atoms with E-state index < -0.39 is 0 Å². The normalized spacial score (nSPS) is 14.0. The third-order valence-electron chi connectivity index (χ3n) is 7.54. The standard InChI is InChI=1S/C31H30FN5O2/c1-19(2)23-16-24(22-6-4-5-7-27(22)39-3)25-17-26(35-29(25)28(23)32)31(38)37-14-12-36(13-15-37)30-21-9-10-33-18-20(21)8-11-34-30/h4-11,16-19,35H,12-15H2,1-3H3. The highest BCUT2D eigenvalue weighted by Crippen LogP contribution is 2.39. The molecule has 1 aliphatic heterocycles. The van der Waals surface area contributed by atoms with Crippen molar-refractivity contribution in [2.24, 2.45) is 0 Å². The van der Waals surface area contributed by atoms with E-state index in [9.17, 15) is 4.79 Å². The number of hydrogen-bond acceptors (Lipinski definition) is 5. The van der Waals surface area contributed by atoms with Gasteiger partial charge in [0.2, 0.25) is 0 Å². The summed E-state index contributed by atoms with van der Waals surface area (Å²) >= 11 is 0. The Hall–Kier alpha value is -4.46. The lowest BCUT2D eigenvalue weighted by Gasteiger charge is -2.35. The molecule has 6 rings (SSSR count). The molecule has 0 saturated carbocycles. The molecule has 1 N–H and O–H groups in total. The van der Waals surface area contributed by atoms with Crippen molar-refractivity contribution in [1.82, 2.24) is 19.9 Å². The summed E-state index contributed by atoms with van der Waals surface area (Å²) in [6, 6.07) is 15.3. The number of fused-ring (bicyclic) bond motifs is 2. The van der Waals surface area contributed by atoms with Gasteiger partial charge in [0.05, 0.1) is 12.6 Å². The summed E-state index contributed by atoms with van der Waals surface area (Å²) in [5.41, 5.74) is 3.01. The molecule has 1 aliphatic rings. The molecule has 198 valence electrons. The van der Waals surface area contributed by atoms with Gasteiger partial charge in [-0.2, -0.15) is 0 Å². The molecule has 7 nitrogen and oxygen atoms in total. The van der Waals surface area contributed by atoms with Crippen LogP contribution in [-0.2, 0) is 0 Å². The van der Waals surface area contributed by atoms with Gasteiger partial charge in [0.1, 0.15) is 17.3 Å². The number of benzene rings is 2. The fourth-order valence-electron chi connectivity index (χ4n) is 5.45. The number of methoxy groups -OCH3 is 1. The van der Waals surface area contributed by atoms with Crippen molar-refractivity contribution in [3.8, 4) is 16.9 Å². The zero-order valence-corrected chi connectivity index (χ0v) is 22.2. The number of nitrogens with one attached hydrogen (secondary N) is 1. The monoisotopic (exact) mass is 523 g/mol. The van der Waals surface area contributed by atoms with Crippen molar-refractivity contribution in [1.29, 1.82) is 0 Å². The number of piperazine rings is 1. The number of rotatable bonds is 5. The van der Waals surface area contributed by atoms with Gasteiger partial charge in [-0.05, 0) is 47.4 Å². The summed E-state index contributed by atoms with van der Waals surface area (Å²) in [5, 5.41) is 2.74. The predicted octanol–water partition coefficient (Wildman–Crippen LogP) is 6.01. The largest absolute Gasteiger partial charge is 0.496 e. The molecule has 0 spiro atoms. The van der Waals surface area contributed by atoms with Crippen LogP contribution in [0.5, 0.6) is 5.75 Å². The van der Waals surface area contributed by atoms with Crippen LogP contribution in [0.3, 0.4) is 0 Å². The molecule has 2 aromatic carbocycles. The fourth-order valence-corrected chi connectivity index (χ4v) is 5.45. The van der Waals surface area contributed by atoms with Gasteiger partial charge in [-0.25, -0.2) is 9.37 Å². The van der Waals surface area contributed by atoms with Crippen molar-refractivity contribution in [2.75, 3.05) is 38.2 Å². The first-order valence-electron chi connectivity index (χ1n) is 13.2. The number of hydrogen-bond donors (Lipinski definition) is 1. The number of H-pyrrole nitrogens is 1. The van der Waals surface area contributed by atoms with Gasteiger partial charge >= 0.3 is 0 Å². The first-order chi connectivity index (χ1) is 19.0. The first-order valence-corrected chi connectivity index (χ1v) is 13.2. The van der Waals surface area contributed by atoms with E-state index in [1.165, 1.54) is 0 Å². The number of carbonyl (C=O) groups is 1. The lowest BCUT2D eigenvalue weighted by atomic mass is 9.93. The molecular formula is C31H30FN5O2. The Morgan fingerprint density at radius 2 is 1.79 bits per heavy atom. The predicted molar refractivity (Wildman–Crippen MR) is 152 cm³/mol. The Bertz CT molecular complexity index is 1680. The van der Waals surface area contributed by atoms with E-state index in [0.29, 0.717) is 54.1 Å². The molecule has 39 heavy (non-hydrogen) atoms. The number of amides is 1. The Kier molecular flexibility index (Phi) is 6.38. The topological polar surface area (TPSA) is 74.4 Å². The molecule has 0 unspecified atom stereocenters. The van der Waals surface area contributed by atoms with E-state index in [-0.39, 0.29) is 17.6 Å². The smallest absolute Gasteiger partial charge is 0.270 e. The average molecular weight is 524 g/mol. The van der Waals surface area contributed by atoms with E-state index in [1.807, 2.05) is 67.4 Å². The minimum absolute atomic E-state index is 0.0307. The second kappa shape index (κ2) is 10.0. The Balaban J connectivity index is 1.32. The molecule has 3 aromatic heterocycles. The zero-order valence-electron chi connectivity index (χ0n) is 22.2. The average Bonchev–Trinajstić information content (AvgIpc) is 3.43. The molecule has 5 aromatic rings. The van der Waals surface area contributed by atoms with Gasteiger partial charge in [0.25, 0.3) is 5.91 Å². The SMILES string of the molecule is COc1ccccc1-c1cc(C(C)C)c(F)c2[nH]c(C(=O)N3CCN(c4nccc5cnccc45)CC3)cc12. The summed E-state index contributed by atoms with van der Waals surface area (Å²) in [7, 11) is 1.62. The Labute approximate surface area is 226 Å². The number of aromatic nitrogens is 3. The van der Waals surface area contributed by atoms with Crippen LogP contribution < -0.4 is 9.64 Å². The van der Waals surface area contributed by atoms with Crippen LogP contribution in [-0.4, -0.2) is 59.0 Å². The van der Waals surface area contributed by atoms with Crippen molar-refractivity contribution >= 4 is 33.4 Å². The van der Waals surface area contributed by atoms with Crippen molar-refractivity contribution < 1.29 is 13.9 Å². The molecule has 1 saturated heterocycles. The maximum atomic E-state index is 15.7. The van der Waals surface area contributed by atoms with Crippen LogP contribution in [0.1, 0.15) is 35.8 Å². The Morgan fingerprint density at radius 3 is 2.56 bits per heavy atom. The second-order valence-corrected chi connectivity index (χ2v) is 10.2. The third-order valence-corrected chi connectivity index (χ3v) is 7.54. The molecule has 0 aliphatic carbocycles. The minimum atomic E-state index is -0.320. The lowest BCUT2D eigenvalue weighted by molar-refractivity contribution is 0.0741. The summed E-state index contributed by atoms with van der Waals surface area (Å²) < 4.78 is 21.3. The minimum Gasteiger partial charge on any atom is -0.496 e. The third kappa shape index (κ3) is 4.35. The van der Waals surface area contributed by atoms with E-state index in [4.69, 9.17) is 4.74 Å². The fraction of sp³-hybridized carbons (Fsp3) is 0.258. The van der Waals surface area contributed by atoms with Gasteiger partial charge in [0, 0.05) is 66.5 Å². The highest BCUT2D eigenvalue weighted by molar-refractivity contribution is 6.04. The molecule has 0 atom stereocenters. The number of para-hydroxylation sites is 1. The van der Waals surface area contributed by atoms with Gasteiger partial charge in [-0.3, -0.25) is 9.78 Å². The van der Waals surface area contributed by atoms with Crippen LogP contribution in [0.4, 0.5) is 10.2 Å². The van der Waals surface area contributed by atoms with Crippen molar-refractivity contribution in [3.63, 3.8) is 0 Å². The number of ether oxygens (including phenoxy) is 1. The van der Waals surface area contributed by atoms with Crippen LogP contribution in [0, 0.1) is 5.82 Å². The van der Waals surface area contributed by atoms with Gasteiger partial charge in [0.15, 0.2) is 5.82 Å².